The maximum absolute atomic E-state index is 12.2. The van der Waals surface area contributed by atoms with Gasteiger partial charge < -0.3 is 9.84 Å². The average molecular weight is 357 g/mol. The van der Waals surface area contributed by atoms with Gasteiger partial charge in [0, 0.05) is 18.5 Å². The lowest BCUT2D eigenvalue weighted by molar-refractivity contribution is -0.116. The van der Waals surface area contributed by atoms with Crippen molar-refractivity contribution < 1.29 is 9.32 Å². The molecule has 3 aromatic rings. The van der Waals surface area contributed by atoms with Gasteiger partial charge in [0.2, 0.25) is 5.91 Å². The van der Waals surface area contributed by atoms with Crippen molar-refractivity contribution in [2.75, 3.05) is 5.32 Å². The molecule has 0 aliphatic rings. The van der Waals surface area contributed by atoms with Gasteiger partial charge in [-0.2, -0.15) is 5.10 Å². The van der Waals surface area contributed by atoms with Crippen LogP contribution in [0.5, 0.6) is 0 Å². The van der Waals surface area contributed by atoms with Crippen LogP contribution in [0, 0.1) is 25.5 Å². The maximum atomic E-state index is 12.2. The lowest BCUT2D eigenvalue weighted by Crippen LogP contribution is -2.14. The van der Waals surface area contributed by atoms with E-state index in [9.17, 15) is 4.79 Å². The molecule has 0 aliphatic heterocycles. The van der Waals surface area contributed by atoms with Crippen LogP contribution in [-0.2, 0) is 11.2 Å². The Balaban J connectivity index is 1.73. The highest BCUT2D eigenvalue weighted by Crippen LogP contribution is 2.19. The smallest absolute Gasteiger partial charge is 0.224 e. The zero-order chi connectivity index (χ0) is 18.0. The number of carbonyl (C=O) groups excluding carboxylic acids is 1. The molecule has 0 fully saturated rings. The summed E-state index contributed by atoms with van der Waals surface area (Å²) in [4.78, 5) is 12.2. The van der Waals surface area contributed by atoms with Gasteiger partial charge in [0.25, 0.3) is 0 Å². The number of amides is 1. The van der Waals surface area contributed by atoms with E-state index < -0.39 is 0 Å². The number of carbonyl (C=O) groups is 1. The highest BCUT2D eigenvalue weighted by molar-refractivity contribution is 7.71. The van der Waals surface area contributed by atoms with E-state index in [0.29, 0.717) is 34.2 Å². The van der Waals surface area contributed by atoms with Crippen LogP contribution in [0.2, 0.25) is 0 Å². The Morgan fingerprint density at radius 1 is 1.28 bits per heavy atom. The summed E-state index contributed by atoms with van der Waals surface area (Å²) in [5.41, 5.74) is 3.38. The molecule has 0 saturated heterocycles. The molecule has 25 heavy (non-hydrogen) atoms. The van der Waals surface area contributed by atoms with Gasteiger partial charge in [-0.3, -0.25) is 14.5 Å². The Hall–Kier alpha value is -2.74. The van der Waals surface area contributed by atoms with Gasteiger partial charge in [0.05, 0.1) is 0 Å². The van der Waals surface area contributed by atoms with Gasteiger partial charge in [0.15, 0.2) is 10.5 Å². The molecule has 8 heteroatoms. The molecular weight excluding hydrogens is 338 g/mol. The van der Waals surface area contributed by atoms with E-state index in [0.717, 1.165) is 5.69 Å². The molecule has 2 aromatic heterocycles. The highest BCUT2D eigenvalue weighted by atomic mass is 32.1. The fourth-order valence-electron chi connectivity index (χ4n) is 2.55. The SMILES string of the molecule is Cc1ccc(-n2c(CCC(=O)Nc3c(C)noc3C)n[nH]c2=S)cc1. The van der Waals surface area contributed by atoms with Gasteiger partial charge in [0.1, 0.15) is 17.2 Å². The Labute approximate surface area is 150 Å². The third-order valence-electron chi connectivity index (χ3n) is 3.91. The van der Waals surface area contributed by atoms with Crippen LogP contribution >= 0.6 is 12.2 Å². The maximum Gasteiger partial charge on any atom is 0.224 e. The van der Waals surface area contributed by atoms with Crippen LogP contribution in [0.1, 0.15) is 29.3 Å². The van der Waals surface area contributed by atoms with Gasteiger partial charge in [-0.25, -0.2) is 0 Å². The number of aromatic amines is 1. The second kappa shape index (κ2) is 7.02. The number of nitrogens with one attached hydrogen (secondary N) is 2. The minimum Gasteiger partial charge on any atom is -0.359 e. The minimum absolute atomic E-state index is 0.126. The number of aryl methyl sites for hydroxylation is 4. The summed E-state index contributed by atoms with van der Waals surface area (Å²) in [7, 11) is 0. The van der Waals surface area contributed by atoms with E-state index in [4.69, 9.17) is 16.7 Å². The zero-order valence-electron chi connectivity index (χ0n) is 14.3. The first-order valence-corrected chi connectivity index (χ1v) is 8.32. The molecule has 2 heterocycles. The summed E-state index contributed by atoms with van der Waals surface area (Å²) >= 11 is 5.32. The van der Waals surface area contributed by atoms with Gasteiger partial charge in [-0.1, -0.05) is 22.9 Å². The molecule has 130 valence electrons. The molecule has 0 atom stereocenters. The normalized spacial score (nSPS) is 10.8. The molecule has 0 saturated carbocycles. The Kier molecular flexibility index (Phi) is 4.80. The molecule has 3 rings (SSSR count). The summed E-state index contributed by atoms with van der Waals surface area (Å²) < 4.78 is 7.40. The van der Waals surface area contributed by atoms with Crippen LogP contribution in [0.25, 0.3) is 5.69 Å². The second-order valence-corrected chi connectivity index (χ2v) is 6.25. The fraction of sp³-hybridized carbons (Fsp3) is 0.294. The average Bonchev–Trinajstić information content (AvgIpc) is 3.11. The number of hydrogen-bond donors (Lipinski definition) is 2. The summed E-state index contributed by atoms with van der Waals surface area (Å²) in [6.45, 7) is 5.57. The second-order valence-electron chi connectivity index (χ2n) is 5.86. The van der Waals surface area contributed by atoms with E-state index in [2.05, 4.69) is 20.7 Å². The predicted octanol–water partition coefficient (Wildman–Crippen LogP) is 3.41. The molecule has 0 unspecified atom stereocenters. The van der Waals surface area contributed by atoms with Gasteiger partial charge >= 0.3 is 0 Å². The Bertz CT molecular complexity index is 933. The van der Waals surface area contributed by atoms with E-state index in [1.165, 1.54) is 5.56 Å². The van der Waals surface area contributed by atoms with Gasteiger partial charge in [-0.15, -0.1) is 0 Å². The number of hydrogen-bond acceptors (Lipinski definition) is 5. The molecular formula is C17H19N5O2S. The first kappa shape index (κ1) is 17.1. The quantitative estimate of drug-likeness (QED) is 0.683. The summed E-state index contributed by atoms with van der Waals surface area (Å²) in [6.07, 6.45) is 0.728. The third-order valence-corrected chi connectivity index (χ3v) is 4.18. The van der Waals surface area contributed by atoms with Gasteiger partial charge in [-0.05, 0) is 45.1 Å². The molecule has 1 amide bonds. The molecule has 2 N–H and O–H groups in total. The highest BCUT2D eigenvalue weighted by Gasteiger charge is 2.14. The Morgan fingerprint density at radius 2 is 2.00 bits per heavy atom. The zero-order valence-corrected chi connectivity index (χ0v) is 15.1. The van der Waals surface area contributed by atoms with E-state index in [-0.39, 0.29) is 12.3 Å². The molecule has 1 aromatic carbocycles. The van der Waals surface area contributed by atoms with E-state index >= 15 is 0 Å². The van der Waals surface area contributed by atoms with Crippen molar-refractivity contribution in [2.24, 2.45) is 0 Å². The number of benzene rings is 1. The predicted molar refractivity (Wildman–Crippen MR) is 96.4 cm³/mol. The number of nitrogens with zero attached hydrogens (tertiary/aromatic N) is 3. The van der Waals surface area contributed by atoms with Crippen molar-refractivity contribution in [3.05, 3.63) is 51.9 Å². The molecule has 0 bridgehead atoms. The number of anilines is 1. The first-order chi connectivity index (χ1) is 12.0. The lowest BCUT2D eigenvalue weighted by atomic mass is 10.2. The first-order valence-electron chi connectivity index (χ1n) is 7.92. The summed E-state index contributed by atoms with van der Waals surface area (Å²) in [6, 6.07) is 7.98. The van der Waals surface area contributed by atoms with E-state index in [1.54, 1.807) is 13.8 Å². The van der Waals surface area contributed by atoms with Crippen molar-refractivity contribution in [1.29, 1.82) is 0 Å². The minimum atomic E-state index is -0.126. The molecule has 7 nitrogen and oxygen atoms in total. The topological polar surface area (TPSA) is 88.7 Å². The number of rotatable bonds is 5. The largest absolute Gasteiger partial charge is 0.359 e. The van der Waals surface area contributed by atoms with Crippen molar-refractivity contribution in [3.8, 4) is 5.69 Å². The number of aromatic nitrogens is 4. The standard InChI is InChI=1S/C17H19N5O2S/c1-10-4-6-13(7-5-10)22-14(19-20-17(22)25)8-9-15(23)18-16-11(2)21-24-12(16)3/h4-7H,8-9H2,1-3H3,(H,18,23)(H,20,25). The summed E-state index contributed by atoms with van der Waals surface area (Å²) in [5, 5.41) is 13.7. The van der Waals surface area contributed by atoms with Crippen LogP contribution in [0.3, 0.4) is 0 Å². The molecule has 0 spiro atoms. The van der Waals surface area contributed by atoms with Crippen molar-refractivity contribution in [3.63, 3.8) is 0 Å². The van der Waals surface area contributed by atoms with Crippen molar-refractivity contribution >= 4 is 23.8 Å². The lowest BCUT2D eigenvalue weighted by Gasteiger charge is -2.08. The van der Waals surface area contributed by atoms with Crippen molar-refractivity contribution in [1.82, 2.24) is 19.9 Å². The van der Waals surface area contributed by atoms with E-state index in [1.807, 2.05) is 35.8 Å². The van der Waals surface area contributed by atoms with Crippen LogP contribution < -0.4 is 5.32 Å². The third kappa shape index (κ3) is 3.69. The fourth-order valence-corrected chi connectivity index (χ4v) is 2.80. The number of H-pyrrole nitrogens is 1. The summed E-state index contributed by atoms with van der Waals surface area (Å²) in [5.74, 6) is 1.18. The van der Waals surface area contributed by atoms with Crippen molar-refractivity contribution in [2.45, 2.75) is 33.6 Å². The monoisotopic (exact) mass is 357 g/mol. The molecule has 0 radical (unpaired) electrons. The van der Waals surface area contributed by atoms with Crippen LogP contribution in [-0.4, -0.2) is 25.8 Å². The Morgan fingerprint density at radius 3 is 2.64 bits per heavy atom. The van der Waals surface area contributed by atoms with Crippen LogP contribution in [0.4, 0.5) is 5.69 Å². The van der Waals surface area contributed by atoms with Crippen LogP contribution in [0.15, 0.2) is 28.8 Å². The molecule has 0 aliphatic carbocycles.